The number of hydrogen-bond donors (Lipinski definition) is 1. The first-order chi connectivity index (χ1) is 16.1. The van der Waals surface area contributed by atoms with Gasteiger partial charge in [0.1, 0.15) is 11.5 Å². The summed E-state index contributed by atoms with van der Waals surface area (Å²) < 4.78 is 11.1. The van der Waals surface area contributed by atoms with E-state index in [0.29, 0.717) is 23.7 Å². The van der Waals surface area contributed by atoms with Crippen molar-refractivity contribution in [3.63, 3.8) is 0 Å². The minimum Gasteiger partial charge on any atom is -0.503 e. The highest BCUT2D eigenvalue weighted by Crippen LogP contribution is 2.39. The summed E-state index contributed by atoms with van der Waals surface area (Å²) in [7, 11) is 0. The van der Waals surface area contributed by atoms with Gasteiger partial charge in [-0.1, -0.05) is 55.5 Å². The molecule has 1 unspecified atom stereocenters. The van der Waals surface area contributed by atoms with E-state index in [9.17, 15) is 14.7 Å². The fourth-order valence-electron chi connectivity index (χ4n) is 3.78. The van der Waals surface area contributed by atoms with E-state index in [0.717, 1.165) is 12.0 Å². The second-order valence-electron chi connectivity index (χ2n) is 7.70. The van der Waals surface area contributed by atoms with Gasteiger partial charge in [0.15, 0.2) is 11.5 Å². The van der Waals surface area contributed by atoms with Crippen molar-refractivity contribution in [3.8, 4) is 5.75 Å². The molecular weight excluding hydrogens is 418 g/mol. The standard InChI is InChI=1S/C27H25NO5/c1-2-16-32-21-13-11-20(12-14-21)25-24(23(29)15-10-19-7-4-3-5-8-19)26(30)27(31)28(25)18-22-9-6-17-33-22/h3-15,17,25,30H,2,16,18H2,1H3/b15-10+. The molecule has 1 aromatic heterocycles. The zero-order valence-electron chi connectivity index (χ0n) is 18.3. The highest BCUT2D eigenvalue weighted by molar-refractivity contribution is 6.14. The first-order valence-corrected chi connectivity index (χ1v) is 10.8. The molecule has 168 valence electrons. The van der Waals surface area contributed by atoms with Crippen LogP contribution in [0.4, 0.5) is 0 Å². The molecule has 6 heteroatoms. The van der Waals surface area contributed by atoms with Crippen LogP contribution >= 0.6 is 0 Å². The van der Waals surface area contributed by atoms with Crippen molar-refractivity contribution in [2.24, 2.45) is 0 Å². The fourth-order valence-corrected chi connectivity index (χ4v) is 3.78. The van der Waals surface area contributed by atoms with Gasteiger partial charge in [-0.2, -0.15) is 0 Å². The number of furan rings is 1. The lowest BCUT2D eigenvalue weighted by Gasteiger charge is -2.26. The van der Waals surface area contributed by atoms with Crippen molar-refractivity contribution in [2.45, 2.75) is 25.9 Å². The van der Waals surface area contributed by atoms with Gasteiger partial charge in [0.2, 0.25) is 0 Å². The molecule has 0 spiro atoms. The van der Waals surface area contributed by atoms with Crippen LogP contribution in [0.25, 0.3) is 6.08 Å². The zero-order chi connectivity index (χ0) is 23.2. The van der Waals surface area contributed by atoms with Crippen molar-refractivity contribution in [1.82, 2.24) is 4.90 Å². The lowest BCUT2D eigenvalue weighted by Crippen LogP contribution is -2.30. The Labute approximate surface area is 192 Å². The lowest BCUT2D eigenvalue weighted by molar-refractivity contribution is -0.130. The summed E-state index contributed by atoms with van der Waals surface area (Å²) in [6.45, 7) is 2.74. The van der Waals surface area contributed by atoms with Crippen molar-refractivity contribution in [3.05, 3.63) is 107 Å². The Bertz CT molecular complexity index is 1160. The maximum Gasteiger partial charge on any atom is 0.290 e. The molecule has 0 radical (unpaired) electrons. The van der Waals surface area contributed by atoms with Crippen LogP contribution in [0.2, 0.25) is 0 Å². The molecule has 0 saturated heterocycles. The van der Waals surface area contributed by atoms with E-state index >= 15 is 0 Å². The Hall–Kier alpha value is -4.06. The molecule has 1 amide bonds. The van der Waals surface area contributed by atoms with Crippen LogP contribution in [0.15, 0.2) is 94.8 Å². The molecule has 0 fully saturated rings. The van der Waals surface area contributed by atoms with Crippen molar-refractivity contribution in [1.29, 1.82) is 0 Å². The fraction of sp³-hybridized carbons (Fsp3) is 0.185. The van der Waals surface area contributed by atoms with Crippen LogP contribution < -0.4 is 4.74 Å². The van der Waals surface area contributed by atoms with Crippen LogP contribution in [0.5, 0.6) is 5.75 Å². The molecule has 1 aliphatic rings. The largest absolute Gasteiger partial charge is 0.503 e. The highest BCUT2D eigenvalue weighted by atomic mass is 16.5. The molecule has 0 saturated carbocycles. The number of allylic oxidation sites excluding steroid dienone is 1. The van der Waals surface area contributed by atoms with Gasteiger partial charge in [-0.3, -0.25) is 9.59 Å². The van der Waals surface area contributed by atoms with Gasteiger partial charge in [0, 0.05) is 0 Å². The number of nitrogens with zero attached hydrogens (tertiary/aromatic N) is 1. The Balaban J connectivity index is 1.68. The number of hydrogen-bond acceptors (Lipinski definition) is 5. The molecule has 1 aliphatic heterocycles. The second kappa shape index (κ2) is 10.0. The number of aliphatic hydroxyl groups excluding tert-OH is 1. The van der Waals surface area contributed by atoms with Crippen LogP contribution in [0.3, 0.4) is 0 Å². The van der Waals surface area contributed by atoms with Crippen LogP contribution in [-0.2, 0) is 16.1 Å². The molecule has 0 bridgehead atoms. The molecular formula is C27H25NO5. The van der Waals surface area contributed by atoms with Gasteiger partial charge < -0.3 is 19.2 Å². The van der Waals surface area contributed by atoms with Gasteiger partial charge in [0.25, 0.3) is 5.91 Å². The monoisotopic (exact) mass is 443 g/mol. The van der Waals surface area contributed by atoms with Crippen molar-refractivity contribution >= 4 is 17.8 Å². The van der Waals surface area contributed by atoms with E-state index in [4.69, 9.17) is 9.15 Å². The molecule has 6 nitrogen and oxygen atoms in total. The van der Waals surface area contributed by atoms with Gasteiger partial charge in [-0.05, 0) is 47.9 Å². The number of rotatable bonds is 9. The molecule has 4 rings (SSSR count). The maximum absolute atomic E-state index is 13.2. The third-order valence-corrected chi connectivity index (χ3v) is 5.37. The first kappa shape index (κ1) is 22.1. The van der Waals surface area contributed by atoms with Gasteiger partial charge in [-0.25, -0.2) is 0 Å². The molecule has 0 aliphatic carbocycles. The predicted octanol–water partition coefficient (Wildman–Crippen LogP) is 5.25. The number of ether oxygens (including phenoxy) is 1. The Morgan fingerprint density at radius 2 is 1.85 bits per heavy atom. The van der Waals surface area contributed by atoms with Crippen LogP contribution in [0, 0.1) is 0 Å². The summed E-state index contributed by atoms with van der Waals surface area (Å²) in [5.41, 5.74) is 1.58. The minimum atomic E-state index is -0.754. The van der Waals surface area contributed by atoms with Crippen molar-refractivity contribution < 1.29 is 23.8 Å². The van der Waals surface area contributed by atoms with E-state index in [-0.39, 0.29) is 12.1 Å². The first-order valence-electron chi connectivity index (χ1n) is 10.8. The number of amides is 1. The summed E-state index contributed by atoms with van der Waals surface area (Å²) in [6.07, 6.45) is 5.46. The second-order valence-corrected chi connectivity index (χ2v) is 7.70. The quantitative estimate of drug-likeness (QED) is 0.457. The predicted molar refractivity (Wildman–Crippen MR) is 124 cm³/mol. The molecule has 33 heavy (non-hydrogen) atoms. The summed E-state index contributed by atoms with van der Waals surface area (Å²) in [5, 5.41) is 10.7. The highest BCUT2D eigenvalue weighted by Gasteiger charge is 2.43. The summed E-state index contributed by atoms with van der Waals surface area (Å²) in [6, 6.07) is 19.3. The average Bonchev–Trinajstić information content (AvgIpc) is 3.45. The van der Waals surface area contributed by atoms with E-state index in [1.165, 1.54) is 17.2 Å². The molecule has 2 heterocycles. The smallest absolute Gasteiger partial charge is 0.290 e. The SMILES string of the molecule is CCCOc1ccc(C2C(C(=O)/C=C/c3ccccc3)=C(O)C(=O)N2Cc2ccco2)cc1. The number of carbonyl (C=O) groups is 2. The molecule has 2 aromatic carbocycles. The van der Waals surface area contributed by atoms with E-state index in [2.05, 4.69) is 0 Å². The Kier molecular flexibility index (Phi) is 6.74. The molecule has 1 N–H and O–H groups in total. The van der Waals surface area contributed by atoms with Gasteiger partial charge in [-0.15, -0.1) is 0 Å². The van der Waals surface area contributed by atoms with Gasteiger partial charge in [0.05, 0.1) is 31.0 Å². The lowest BCUT2D eigenvalue weighted by atomic mass is 9.95. The molecule has 3 aromatic rings. The summed E-state index contributed by atoms with van der Waals surface area (Å²) in [5.74, 6) is -0.326. The normalized spacial score (nSPS) is 16.1. The number of ketones is 1. The van der Waals surface area contributed by atoms with E-state index < -0.39 is 23.5 Å². The third kappa shape index (κ3) is 4.90. The Morgan fingerprint density at radius 1 is 1.09 bits per heavy atom. The zero-order valence-corrected chi connectivity index (χ0v) is 18.3. The van der Waals surface area contributed by atoms with Crippen LogP contribution in [0.1, 0.15) is 36.3 Å². The molecule has 1 atom stereocenters. The maximum atomic E-state index is 13.2. The Morgan fingerprint density at radius 3 is 2.52 bits per heavy atom. The number of aliphatic hydroxyl groups is 1. The van der Waals surface area contributed by atoms with E-state index in [1.807, 2.05) is 49.4 Å². The van der Waals surface area contributed by atoms with Gasteiger partial charge >= 0.3 is 0 Å². The topological polar surface area (TPSA) is 80.0 Å². The van der Waals surface area contributed by atoms with Crippen LogP contribution in [-0.4, -0.2) is 28.3 Å². The summed E-state index contributed by atoms with van der Waals surface area (Å²) >= 11 is 0. The average molecular weight is 443 g/mol. The minimum absolute atomic E-state index is 0.0426. The third-order valence-electron chi connectivity index (χ3n) is 5.37. The number of carbonyl (C=O) groups excluding carboxylic acids is 2. The van der Waals surface area contributed by atoms with Crippen molar-refractivity contribution in [2.75, 3.05) is 6.61 Å². The van der Waals surface area contributed by atoms with E-state index in [1.54, 1.807) is 30.3 Å². The number of benzene rings is 2. The summed E-state index contributed by atoms with van der Waals surface area (Å²) in [4.78, 5) is 27.6.